The maximum Gasteiger partial charge on any atom is 0.356 e. The number of phenolic OH excluding ortho intramolecular Hbond substituents is 1. The summed E-state index contributed by atoms with van der Waals surface area (Å²) in [4.78, 5) is 10.9. The third-order valence-corrected chi connectivity index (χ3v) is 2.81. The van der Waals surface area contributed by atoms with E-state index in [2.05, 4.69) is 5.10 Å². The standard InChI is InChI=1S/C13H11N3O4/c1-16-10(4-9(15-16)13(18)19)8-3-7(6-14)12(20-2)5-11(8)17/h3-5,17H,1-2H3,(H,18,19). The number of benzene rings is 1. The number of aryl methyl sites for hydroxylation is 1. The van der Waals surface area contributed by atoms with Crippen LogP contribution in [0.15, 0.2) is 18.2 Å². The van der Waals surface area contributed by atoms with Crippen LogP contribution in [0.3, 0.4) is 0 Å². The molecule has 2 N–H and O–H groups in total. The molecule has 102 valence electrons. The minimum atomic E-state index is -1.17. The number of carboxylic acids is 1. The highest BCUT2D eigenvalue weighted by Crippen LogP contribution is 2.35. The summed E-state index contributed by atoms with van der Waals surface area (Å²) in [7, 11) is 2.94. The van der Waals surface area contributed by atoms with Crippen molar-refractivity contribution >= 4 is 5.97 Å². The molecule has 0 aliphatic rings. The summed E-state index contributed by atoms with van der Waals surface area (Å²) < 4.78 is 6.31. The Bertz CT molecular complexity index is 728. The van der Waals surface area contributed by atoms with Crippen LogP contribution in [0, 0.1) is 11.3 Å². The van der Waals surface area contributed by atoms with Crippen LogP contribution in [0.2, 0.25) is 0 Å². The van der Waals surface area contributed by atoms with Crippen LogP contribution in [-0.4, -0.2) is 33.1 Å². The number of nitrogens with zero attached hydrogens (tertiary/aromatic N) is 3. The van der Waals surface area contributed by atoms with Gasteiger partial charge in [-0.15, -0.1) is 0 Å². The van der Waals surface area contributed by atoms with Crippen molar-refractivity contribution in [1.29, 1.82) is 5.26 Å². The van der Waals surface area contributed by atoms with Crippen molar-refractivity contribution in [1.82, 2.24) is 9.78 Å². The van der Waals surface area contributed by atoms with Gasteiger partial charge in [0.1, 0.15) is 17.6 Å². The molecule has 0 spiro atoms. The molecule has 0 atom stereocenters. The Hall–Kier alpha value is -3.01. The van der Waals surface area contributed by atoms with E-state index in [1.807, 2.05) is 6.07 Å². The SMILES string of the molecule is COc1cc(O)c(-c2cc(C(=O)O)nn2C)cc1C#N. The van der Waals surface area contributed by atoms with Crippen molar-refractivity contribution in [3.63, 3.8) is 0 Å². The molecule has 7 nitrogen and oxygen atoms in total. The van der Waals surface area contributed by atoms with Crippen molar-refractivity contribution in [2.75, 3.05) is 7.11 Å². The molecule has 1 heterocycles. The predicted molar refractivity (Wildman–Crippen MR) is 68.5 cm³/mol. The number of aromatic hydroxyl groups is 1. The van der Waals surface area contributed by atoms with E-state index < -0.39 is 5.97 Å². The van der Waals surface area contributed by atoms with Gasteiger partial charge < -0.3 is 14.9 Å². The molecule has 20 heavy (non-hydrogen) atoms. The Morgan fingerprint density at radius 1 is 1.45 bits per heavy atom. The van der Waals surface area contributed by atoms with E-state index >= 15 is 0 Å². The van der Waals surface area contributed by atoms with Gasteiger partial charge in [-0.2, -0.15) is 10.4 Å². The van der Waals surface area contributed by atoms with Crippen LogP contribution in [0.25, 0.3) is 11.3 Å². The fourth-order valence-corrected chi connectivity index (χ4v) is 1.85. The minimum Gasteiger partial charge on any atom is -0.507 e. The van der Waals surface area contributed by atoms with Gasteiger partial charge in [-0.25, -0.2) is 4.79 Å². The first-order valence-electron chi connectivity index (χ1n) is 5.56. The number of ether oxygens (including phenoxy) is 1. The summed E-state index contributed by atoms with van der Waals surface area (Å²) in [5.41, 5.74) is 0.790. The number of aromatic carboxylic acids is 1. The third kappa shape index (κ3) is 2.14. The molecule has 0 amide bonds. The summed E-state index contributed by atoms with van der Waals surface area (Å²) in [6.45, 7) is 0. The maximum absolute atomic E-state index is 10.9. The zero-order valence-electron chi connectivity index (χ0n) is 10.8. The topological polar surface area (TPSA) is 108 Å². The highest BCUT2D eigenvalue weighted by Gasteiger charge is 2.17. The fourth-order valence-electron chi connectivity index (χ4n) is 1.85. The Balaban J connectivity index is 2.64. The highest BCUT2D eigenvalue weighted by molar-refractivity contribution is 5.87. The monoisotopic (exact) mass is 273 g/mol. The largest absolute Gasteiger partial charge is 0.507 e. The van der Waals surface area contributed by atoms with Crippen molar-refractivity contribution in [2.45, 2.75) is 0 Å². The van der Waals surface area contributed by atoms with E-state index in [1.54, 1.807) is 7.05 Å². The van der Waals surface area contributed by atoms with Crippen LogP contribution in [0.4, 0.5) is 0 Å². The van der Waals surface area contributed by atoms with Gasteiger partial charge in [0.2, 0.25) is 0 Å². The number of carbonyl (C=O) groups is 1. The quantitative estimate of drug-likeness (QED) is 0.874. The van der Waals surface area contributed by atoms with Gasteiger partial charge in [-0.3, -0.25) is 4.68 Å². The van der Waals surface area contributed by atoms with Gasteiger partial charge in [0.25, 0.3) is 0 Å². The lowest BCUT2D eigenvalue weighted by Crippen LogP contribution is -1.99. The van der Waals surface area contributed by atoms with Crippen molar-refractivity contribution in [3.8, 4) is 28.8 Å². The molecule has 2 aromatic rings. The van der Waals surface area contributed by atoms with Crippen LogP contribution >= 0.6 is 0 Å². The molecule has 0 radical (unpaired) electrons. The number of nitriles is 1. The summed E-state index contributed by atoms with van der Waals surface area (Å²) in [6, 6.07) is 6.01. The molecule has 0 saturated carbocycles. The average molecular weight is 273 g/mol. The van der Waals surface area contributed by atoms with E-state index in [9.17, 15) is 9.90 Å². The van der Waals surface area contributed by atoms with Crippen molar-refractivity contribution < 1.29 is 19.7 Å². The van der Waals surface area contributed by atoms with E-state index in [1.165, 1.54) is 30.0 Å². The normalized spacial score (nSPS) is 10.1. The molecular weight excluding hydrogens is 262 g/mol. The Labute approximate surface area is 114 Å². The molecule has 2 rings (SSSR count). The van der Waals surface area contributed by atoms with Crippen LogP contribution in [0.5, 0.6) is 11.5 Å². The summed E-state index contributed by atoms with van der Waals surface area (Å²) in [5, 5.41) is 31.8. The summed E-state index contributed by atoms with van der Waals surface area (Å²) in [6.07, 6.45) is 0. The van der Waals surface area contributed by atoms with Crippen molar-refractivity contribution in [3.05, 3.63) is 29.5 Å². The van der Waals surface area contributed by atoms with E-state index in [4.69, 9.17) is 15.1 Å². The fraction of sp³-hybridized carbons (Fsp3) is 0.154. The lowest BCUT2D eigenvalue weighted by molar-refractivity contribution is 0.0689. The lowest BCUT2D eigenvalue weighted by Gasteiger charge is -2.08. The first-order chi connectivity index (χ1) is 9.47. The number of hydrogen-bond acceptors (Lipinski definition) is 5. The second kappa shape index (κ2) is 4.93. The minimum absolute atomic E-state index is 0.124. The number of aromatic nitrogens is 2. The number of rotatable bonds is 3. The van der Waals surface area contributed by atoms with Gasteiger partial charge >= 0.3 is 5.97 Å². The smallest absolute Gasteiger partial charge is 0.356 e. The molecule has 0 fully saturated rings. The first-order valence-corrected chi connectivity index (χ1v) is 5.56. The molecule has 0 unspecified atom stereocenters. The summed E-state index contributed by atoms with van der Waals surface area (Å²) in [5.74, 6) is -1.05. The van der Waals surface area contributed by atoms with Crippen LogP contribution in [-0.2, 0) is 7.05 Å². The van der Waals surface area contributed by atoms with Gasteiger partial charge in [0.05, 0.1) is 18.4 Å². The molecule has 1 aromatic heterocycles. The molecule has 7 heteroatoms. The van der Waals surface area contributed by atoms with E-state index in [0.29, 0.717) is 11.3 Å². The van der Waals surface area contributed by atoms with Crippen molar-refractivity contribution in [2.24, 2.45) is 7.05 Å². The molecule has 0 saturated heterocycles. The Kier molecular flexibility index (Phi) is 3.31. The van der Waals surface area contributed by atoms with E-state index in [-0.39, 0.29) is 22.8 Å². The second-order valence-electron chi connectivity index (χ2n) is 4.03. The molecular formula is C13H11N3O4. The average Bonchev–Trinajstić information content (AvgIpc) is 2.80. The van der Waals surface area contributed by atoms with Crippen LogP contribution in [0.1, 0.15) is 16.1 Å². The Morgan fingerprint density at radius 2 is 2.15 bits per heavy atom. The number of hydrogen-bond donors (Lipinski definition) is 2. The predicted octanol–water partition coefficient (Wildman–Crippen LogP) is 1.37. The molecule has 0 bridgehead atoms. The highest BCUT2D eigenvalue weighted by atomic mass is 16.5. The zero-order chi connectivity index (χ0) is 14.9. The molecule has 0 aliphatic heterocycles. The number of methoxy groups -OCH3 is 1. The van der Waals surface area contributed by atoms with E-state index in [0.717, 1.165) is 0 Å². The third-order valence-electron chi connectivity index (χ3n) is 2.81. The Morgan fingerprint density at radius 3 is 2.65 bits per heavy atom. The summed E-state index contributed by atoms with van der Waals surface area (Å²) >= 11 is 0. The van der Waals surface area contributed by atoms with Gasteiger partial charge in [-0.1, -0.05) is 0 Å². The lowest BCUT2D eigenvalue weighted by atomic mass is 10.1. The zero-order valence-corrected chi connectivity index (χ0v) is 10.8. The number of phenols is 1. The molecule has 0 aliphatic carbocycles. The molecule has 1 aromatic carbocycles. The van der Waals surface area contributed by atoms with Crippen LogP contribution < -0.4 is 4.74 Å². The first kappa shape index (κ1) is 13.4. The second-order valence-corrected chi connectivity index (χ2v) is 4.03. The van der Waals surface area contributed by atoms with Gasteiger partial charge in [0, 0.05) is 18.7 Å². The van der Waals surface area contributed by atoms with Gasteiger partial charge in [0.15, 0.2) is 5.69 Å². The maximum atomic E-state index is 10.9. The number of carboxylic acid groups (broad SMARTS) is 1. The van der Waals surface area contributed by atoms with Gasteiger partial charge in [-0.05, 0) is 12.1 Å².